The van der Waals surface area contributed by atoms with Gasteiger partial charge in [0.1, 0.15) is 10.8 Å². The second-order valence-corrected chi connectivity index (χ2v) is 6.72. The largest absolute Gasteiger partial charge is 0.300 e. The highest BCUT2D eigenvalue weighted by Crippen LogP contribution is 2.48. The maximum absolute atomic E-state index is 12.9. The lowest BCUT2D eigenvalue weighted by molar-refractivity contribution is -0.117. The molecule has 4 nitrogen and oxygen atoms in total. The van der Waals surface area contributed by atoms with Crippen LogP contribution in [0.3, 0.4) is 0 Å². The summed E-state index contributed by atoms with van der Waals surface area (Å²) < 4.78 is 12.9. The minimum atomic E-state index is -0.248. The zero-order valence-corrected chi connectivity index (χ0v) is 12.1. The van der Waals surface area contributed by atoms with E-state index in [0.717, 1.165) is 17.0 Å². The summed E-state index contributed by atoms with van der Waals surface area (Å²) >= 11 is 1.47. The van der Waals surface area contributed by atoms with Crippen LogP contribution < -0.4 is 5.32 Å². The molecule has 2 saturated carbocycles. The van der Waals surface area contributed by atoms with Crippen molar-refractivity contribution in [2.75, 3.05) is 5.32 Å². The molecule has 2 unspecified atom stereocenters. The average Bonchev–Trinajstić information content (AvgIpc) is 3.39. The highest BCUT2D eigenvalue weighted by Gasteiger charge is 2.44. The Bertz CT molecular complexity index is 680. The molecule has 1 amide bonds. The molecular formula is C15H14FN3OS. The van der Waals surface area contributed by atoms with Gasteiger partial charge in [-0.3, -0.25) is 4.79 Å². The first-order valence-electron chi connectivity index (χ1n) is 7.10. The van der Waals surface area contributed by atoms with Crippen molar-refractivity contribution < 1.29 is 9.18 Å². The lowest BCUT2D eigenvalue weighted by atomic mass is 10.1. The molecular weight excluding hydrogens is 289 g/mol. The van der Waals surface area contributed by atoms with Gasteiger partial charge in [-0.05, 0) is 42.9 Å². The lowest BCUT2D eigenvalue weighted by Crippen LogP contribution is -2.14. The van der Waals surface area contributed by atoms with Gasteiger partial charge in [-0.1, -0.05) is 23.5 Å². The van der Waals surface area contributed by atoms with E-state index in [2.05, 4.69) is 15.5 Å². The molecule has 108 valence electrons. The Balaban J connectivity index is 1.38. The number of aromatic nitrogens is 2. The predicted octanol–water partition coefficient (Wildman–Crippen LogP) is 3.30. The number of benzene rings is 1. The highest BCUT2D eigenvalue weighted by molar-refractivity contribution is 7.15. The molecule has 1 aromatic heterocycles. The molecule has 4 rings (SSSR count). The molecule has 0 saturated heterocycles. The number of nitrogens with zero attached hydrogens (tertiary/aromatic N) is 2. The van der Waals surface area contributed by atoms with Crippen molar-refractivity contribution in [1.82, 2.24) is 10.2 Å². The van der Waals surface area contributed by atoms with Gasteiger partial charge < -0.3 is 5.32 Å². The Labute approximate surface area is 125 Å². The monoisotopic (exact) mass is 303 g/mol. The topological polar surface area (TPSA) is 54.9 Å². The number of anilines is 1. The summed E-state index contributed by atoms with van der Waals surface area (Å²) in [7, 11) is 0. The number of nitrogens with one attached hydrogen (secondary N) is 1. The molecule has 2 aromatic rings. The fourth-order valence-electron chi connectivity index (χ4n) is 2.54. The molecule has 2 aliphatic carbocycles. The number of hydrogen-bond acceptors (Lipinski definition) is 4. The summed E-state index contributed by atoms with van der Waals surface area (Å²) in [5.41, 5.74) is 1.02. The first-order valence-corrected chi connectivity index (χ1v) is 7.92. The molecule has 2 atom stereocenters. The van der Waals surface area contributed by atoms with Crippen LogP contribution in [-0.2, 0) is 4.79 Å². The molecule has 1 N–H and O–H groups in total. The van der Waals surface area contributed by atoms with Crippen LogP contribution in [0.2, 0.25) is 0 Å². The van der Waals surface area contributed by atoms with Crippen molar-refractivity contribution in [2.24, 2.45) is 5.92 Å². The van der Waals surface area contributed by atoms with Gasteiger partial charge in [0, 0.05) is 11.8 Å². The maximum atomic E-state index is 12.9. The summed E-state index contributed by atoms with van der Waals surface area (Å²) in [6.45, 7) is 0. The molecule has 0 bridgehead atoms. The predicted molar refractivity (Wildman–Crippen MR) is 77.8 cm³/mol. The third-order valence-corrected chi connectivity index (χ3v) is 5.02. The minimum absolute atomic E-state index is 0.0113. The Morgan fingerprint density at radius 2 is 2.00 bits per heavy atom. The Morgan fingerprint density at radius 1 is 1.24 bits per heavy atom. The van der Waals surface area contributed by atoms with E-state index in [1.807, 2.05) is 0 Å². The molecule has 1 aromatic carbocycles. The molecule has 1 heterocycles. The molecule has 0 spiro atoms. The van der Waals surface area contributed by atoms with Crippen molar-refractivity contribution >= 4 is 22.4 Å². The van der Waals surface area contributed by atoms with Gasteiger partial charge in [0.2, 0.25) is 11.0 Å². The highest BCUT2D eigenvalue weighted by atomic mass is 32.1. The van der Waals surface area contributed by atoms with E-state index in [1.165, 1.54) is 36.3 Å². The van der Waals surface area contributed by atoms with Gasteiger partial charge in [-0.15, -0.1) is 10.2 Å². The van der Waals surface area contributed by atoms with E-state index in [-0.39, 0.29) is 23.6 Å². The molecule has 21 heavy (non-hydrogen) atoms. The second kappa shape index (κ2) is 4.87. The van der Waals surface area contributed by atoms with Crippen LogP contribution in [0.15, 0.2) is 24.3 Å². The first-order chi connectivity index (χ1) is 10.2. The van der Waals surface area contributed by atoms with Crippen LogP contribution in [0, 0.1) is 11.7 Å². The molecule has 6 heteroatoms. The normalized spacial score (nSPS) is 23.9. The van der Waals surface area contributed by atoms with Crippen LogP contribution in [-0.4, -0.2) is 16.1 Å². The van der Waals surface area contributed by atoms with Gasteiger partial charge in [-0.2, -0.15) is 0 Å². The molecule has 2 fully saturated rings. The number of rotatable bonds is 4. The summed E-state index contributed by atoms with van der Waals surface area (Å²) in [6, 6.07) is 6.39. The molecule has 0 radical (unpaired) electrons. The number of amides is 1. The van der Waals surface area contributed by atoms with E-state index in [1.54, 1.807) is 12.1 Å². The van der Waals surface area contributed by atoms with Crippen LogP contribution in [0.4, 0.5) is 9.52 Å². The molecule has 2 aliphatic rings. The third-order valence-electron chi connectivity index (χ3n) is 4.02. The van der Waals surface area contributed by atoms with Crippen molar-refractivity contribution in [3.63, 3.8) is 0 Å². The molecule has 0 aliphatic heterocycles. The average molecular weight is 303 g/mol. The number of hydrogen-bond donors (Lipinski definition) is 1. The standard InChI is InChI=1S/C15H14FN3OS/c16-10-5-3-8(4-6-10)11-7-12(11)13(20)17-15-19-18-14(21-15)9-1-2-9/h3-6,9,11-12H,1-2,7H2,(H,17,19,20). The van der Waals surface area contributed by atoms with Crippen molar-refractivity contribution in [3.8, 4) is 0 Å². The Kier molecular flexibility index (Phi) is 2.99. The third kappa shape index (κ3) is 2.68. The summed E-state index contributed by atoms with van der Waals surface area (Å²) in [5, 5.41) is 12.6. The van der Waals surface area contributed by atoms with E-state index < -0.39 is 0 Å². The van der Waals surface area contributed by atoms with Gasteiger partial charge >= 0.3 is 0 Å². The van der Waals surface area contributed by atoms with Crippen LogP contribution in [0.1, 0.15) is 41.7 Å². The SMILES string of the molecule is O=C(Nc1nnc(C2CC2)s1)C1CC1c1ccc(F)cc1. The quantitative estimate of drug-likeness (QED) is 0.943. The van der Waals surface area contributed by atoms with Gasteiger partial charge in [0.05, 0.1) is 0 Å². The number of carbonyl (C=O) groups is 1. The maximum Gasteiger partial charge on any atom is 0.229 e. The zero-order chi connectivity index (χ0) is 14.4. The number of carbonyl (C=O) groups excluding carboxylic acids is 1. The Morgan fingerprint density at radius 3 is 2.71 bits per heavy atom. The van der Waals surface area contributed by atoms with E-state index in [0.29, 0.717) is 11.0 Å². The van der Waals surface area contributed by atoms with Crippen molar-refractivity contribution in [2.45, 2.75) is 31.1 Å². The van der Waals surface area contributed by atoms with Gasteiger partial charge in [0.15, 0.2) is 0 Å². The summed E-state index contributed by atoms with van der Waals surface area (Å²) in [4.78, 5) is 12.2. The van der Waals surface area contributed by atoms with Crippen LogP contribution in [0.25, 0.3) is 0 Å². The van der Waals surface area contributed by atoms with Gasteiger partial charge in [0.25, 0.3) is 0 Å². The smallest absolute Gasteiger partial charge is 0.229 e. The second-order valence-electron chi connectivity index (χ2n) is 5.71. The van der Waals surface area contributed by atoms with E-state index in [4.69, 9.17) is 0 Å². The fourth-order valence-corrected chi connectivity index (χ4v) is 3.46. The van der Waals surface area contributed by atoms with E-state index >= 15 is 0 Å². The summed E-state index contributed by atoms with van der Waals surface area (Å²) in [5.74, 6) is 0.455. The minimum Gasteiger partial charge on any atom is -0.300 e. The zero-order valence-electron chi connectivity index (χ0n) is 11.3. The van der Waals surface area contributed by atoms with Crippen LogP contribution in [0.5, 0.6) is 0 Å². The van der Waals surface area contributed by atoms with Gasteiger partial charge in [-0.25, -0.2) is 4.39 Å². The lowest BCUT2D eigenvalue weighted by Gasteiger charge is -2.01. The summed E-state index contributed by atoms with van der Waals surface area (Å²) in [6.07, 6.45) is 3.17. The van der Waals surface area contributed by atoms with E-state index in [9.17, 15) is 9.18 Å². The Hall–Kier alpha value is -1.82. The van der Waals surface area contributed by atoms with Crippen molar-refractivity contribution in [3.05, 3.63) is 40.7 Å². The van der Waals surface area contributed by atoms with Crippen LogP contribution >= 0.6 is 11.3 Å². The number of halogens is 1. The van der Waals surface area contributed by atoms with Crippen molar-refractivity contribution in [1.29, 1.82) is 0 Å². The first kappa shape index (κ1) is 12.9. The fraction of sp³-hybridized carbons (Fsp3) is 0.400.